The first-order chi connectivity index (χ1) is 7.85. The Morgan fingerprint density at radius 3 is 2.71 bits per heavy atom. The molecule has 0 spiro atoms. The van der Waals surface area contributed by atoms with E-state index in [1.165, 1.54) is 0 Å². The molecule has 0 heterocycles. The Balaban J connectivity index is 2.71. The molecule has 0 atom stereocenters. The Kier molecular flexibility index (Phi) is 5.04. The van der Waals surface area contributed by atoms with E-state index in [2.05, 4.69) is 33.9 Å². The number of thiol groups is 1. The lowest BCUT2D eigenvalue weighted by molar-refractivity contribution is 0.0228. The second kappa shape index (κ2) is 5.89. The zero-order valence-corrected chi connectivity index (χ0v) is 12.6. The third-order valence-electron chi connectivity index (χ3n) is 2.43. The van der Waals surface area contributed by atoms with Crippen molar-refractivity contribution in [3.8, 4) is 0 Å². The van der Waals surface area contributed by atoms with Gasteiger partial charge in [-0.05, 0) is 32.0 Å². The molecule has 94 valence electrons. The highest BCUT2D eigenvalue weighted by molar-refractivity contribution is 9.10. The van der Waals surface area contributed by atoms with Gasteiger partial charge in [-0.1, -0.05) is 15.9 Å². The molecule has 17 heavy (non-hydrogen) atoms. The van der Waals surface area contributed by atoms with Gasteiger partial charge in [-0.15, -0.1) is 12.6 Å². The van der Waals surface area contributed by atoms with Crippen LogP contribution in [0.15, 0.2) is 27.6 Å². The van der Waals surface area contributed by atoms with Gasteiger partial charge >= 0.3 is 0 Å². The van der Waals surface area contributed by atoms with Crippen LogP contribution in [0.5, 0.6) is 0 Å². The lowest BCUT2D eigenvalue weighted by Gasteiger charge is -2.23. The first-order valence-corrected chi connectivity index (χ1v) is 6.41. The fraction of sp³-hybridized carbons (Fsp3) is 0.417. The average Bonchev–Trinajstić information content (AvgIpc) is 2.26. The van der Waals surface area contributed by atoms with E-state index >= 15 is 0 Å². The number of carbonyl (C=O) groups excluding carboxylic acids is 1. The van der Waals surface area contributed by atoms with Gasteiger partial charge in [0.15, 0.2) is 0 Å². The van der Waals surface area contributed by atoms with E-state index in [0.29, 0.717) is 17.0 Å². The number of methoxy groups -OCH3 is 1. The Morgan fingerprint density at radius 1 is 1.53 bits per heavy atom. The first-order valence-electron chi connectivity index (χ1n) is 5.17. The highest BCUT2D eigenvalue weighted by Gasteiger charge is 2.18. The van der Waals surface area contributed by atoms with Crippen LogP contribution in [-0.4, -0.2) is 25.2 Å². The van der Waals surface area contributed by atoms with Crippen molar-refractivity contribution in [3.05, 3.63) is 28.2 Å². The zero-order valence-electron chi connectivity index (χ0n) is 10.1. The number of amides is 1. The molecule has 1 aromatic rings. The van der Waals surface area contributed by atoms with Gasteiger partial charge in [-0.3, -0.25) is 4.79 Å². The summed E-state index contributed by atoms with van der Waals surface area (Å²) in [5, 5.41) is 2.82. The second-order valence-electron chi connectivity index (χ2n) is 4.31. The van der Waals surface area contributed by atoms with Crippen molar-refractivity contribution in [1.29, 1.82) is 0 Å². The summed E-state index contributed by atoms with van der Waals surface area (Å²) in [6.45, 7) is 4.28. The van der Waals surface area contributed by atoms with E-state index in [9.17, 15) is 4.79 Å². The van der Waals surface area contributed by atoms with Crippen LogP contribution in [0.2, 0.25) is 0 Å². The van der Waals surface area contributed by atoms with Crippen LogP contribution in [0.4, 0.5) is 0 Å². The highest BCUT2D eigenvalue weighted by atomic mass is 79.9. The van der Waals surface area contributed by atoms with Crippen molar-refractivity contribution in [2.45, 2.75) is 24.3 Å². The third kappa shape index (κ3) is 4.33. The Morgan fingerprint density at radius 2 is 2.18 bits per heavy atom. The highest BCUT2D eigenvalue weighted by Crippen LogP contribution is 2.19. The molecule has 0 radical (unpaired) electrons. The van der Waals surface area contributed by atoms with Crippen molar-refractivity contribution in [3.63, 3.8) is 0 Å². The lowest BCUT2D eigenvalue weighted by atomic mass is 10.1. The average molecular weight is 318 g/mol. The van der Waals surface area contributed by atoms with Gasteiger partial charge in [0.25, 0.3) is 5.91 Å². The van der Waals surface area contributed by atoms with Gasteiger partial charge in [-0.2, -0.15) is 0 Å². The number of benzene rings is 1. The van der Waals surface area contributed by atoms with E-state index in [1.807, 2.05) is 19.9 Å². The monoisotopic (exact) mass is 317 g/mol. The Bertz CT molecular complexity index is 421. The number of carbonyl (C=O) groups is 1. The number of rotatable bonds is 4. The molecule has 0 saturated carbocycles. The predicted molar refractivity (Wildman–Crippen MR) is 74.8 cm³/mol. The second-order valence-corrected chi connectivity index (χ2v) is 5.71. The minimum atomic E-state index is -0.373. The minimum absolute atomic E-state index is 0.146. The normalized spacial score (nSPS) is 11.4. The SMILES string of the molecule is COC(C)(C)CNC(=O)c1ccc(Br)cc1S. The van der Waals surface area contributed by atoms with E-state index in [-0.39, 0.29) is 11.5 Å². The van der Waals surface area contributed by atoms with Gasteiger partial charge in [0.2, 0.25) is 0 Å². The van der Waals surface area contributed by atoms with E-state index in [1.54, 1.807) is 19.2 Å². The maximum Gasteiger partial charge on any atom is 0.252 e. The summed E-state index contributed by atoms with van der Waals surface area (Å²) >= 11 is 7.60. The van der Waals surface area contributed by atoms with Crippen molar-refractivity contribution in [1.82, 2.24) is 5.32 Å². The number of halogens is 1. The molecule has 1 aromatic carbocycles. The van der Waals surface area contributed by atoms with Gasteiger partial charge in [0.1, 0.15) is 0 Å². The number of nitrogens with one attached hydrogen (secondary N) is 1. The standard InChI is InChI=1S/C12H16BrNO2S/c1-12(2,16-3)7-14-11(15)9-5-4-8(13)6-10(9)17/h4-6,17H,7H2,1-3H3,(H,14,15). The van der Waals surface area contributed by atoms with Crippen LogP contribution in [-0.2, 0) is 4.74 Å². The molecule has 0 saturated heterocycles. The topological polar surface area (TPSA) is 38.3 Å². The minimum Gasteiger partial charge on any atom is -0.377 e. The van der Waals surface area contributed by atoms with E-state index in [4.69, 9.17) is 4.74 Å². The van der Waals surface area contributed by atoms with Crippen LogP contribution < -0.4 is 5.32 Å². The maximum atomic E-state index is 11.9. The molecule has 0 aliphatic rings. The number of hydrogen-bond acceptors (Lipinski definition) is 3. The molecule has 0 bridgehead atoms. The fourth-order valence-corrected chi connectivity index (χ4v) is 2.01. The molecular weight excluding hydrogens is 302 g/mol. The van der Waals surface area contributed by atoms with E-state index < -0.39 is 0 Å². The van der Waals surface area contributed by atoms with Gasteiger partial charge in [0, 0.05) is 23.0 Å². The molecule has 0 aromatic heterocycles. The van der Waals surface area contributed by atoms with Crippen LogP contribution >= 0.6 is 28.6 Å². The molecule has 0 aliphatic carbocycles. The summed E-state index contributed by atoms with van der Waals surface area (Å²) < 4.78 is 6.13. The van der Waals surface area contributed by atoms with Gasteiger partial charge in [0.05, 0.1) is 11.2 Å². The van der Waals surface area contributed by atoms with E-state index in [0.717, 1.165) is 4.47 Å². The summed E-state index contributed by atoms with van der Waals surface area (Å²) in [5.41, 5.74) is 0.186. The van der Waals surface area contributed by atoms with Gasteiger partial charge in [-0.25, -0.2) is 0 Å². The smallest absolute Gasteiger partial charge is 0.252 e. The molecule has 1 amide bonds. The Labute approximate surface area is 115 Å². The summed E-state index contributed by atoms with van der Waals surface area (Å²) in [5.74, 6) is -0.146. The maximum absolute atomic E-state index is 11.9. The zero-order chi connectivity index (χ0) is 13.1. The molecule has 5 heteroatoms. The van der Waals surface area contributed by atoms with Crippen LogP contribution in [0.1, 0.15) is 24.2 Å². The summed E-state index contributed by atoms with van der Waals surface area (Å²) in [6, 6.07) is 5.34. The molecular formula is C12H16BrNO2S. The number of ether oxygens (including phenoxy) is 1. The van der Waals surface area contributed by atoms with Crippen LogP contribution in [0, 0.1) is 0 Å². The van der Waals surface area contributed by atoms with Crippen LogP contribution in [0.3, 0.4) is 0 Å². The van der Waals surface area contributed by atoms with Crippen molar-refractivity contribution < 1.29 is 9.53 Å². The predicted octanol–water partition coefficient (Wildman–Crippen LogP) is 2.89. The molecule has 0 fully saturated rings. The third-order valence-corrected chi connectivity index (χ3v) is 3.29. The quantitative estimate of drug-likeness (QED) is 0.838. The number of hydrogen-bond donors (Lipinski definition) is 2. The van der Waals surface area contributed by atoms with Crippen LogP contribution in [0.25, 0.3) is 0 Å². The molecule has 0 aliphatic heterocycles. The first kappa shape index (κ1) is 14.5. The van der Waals surface area contributed by atoms with Crippen molar-refractivity contribution >= 4 is 34.5 Å². The molecule has 0 unspecified atom stereocenters. The van der Waals surface area contributed by atoms with Crippen molar-refractivity contribution in [2.75, 3.05) is 13.7 Å². The Hall–Kier alpha value is -0.520. The summed E-state index contributed by atoms with van der Waals surface area (Å²) in [4.78, 5) is 12.6. The van der Waals surface area contributed by atoms with Crippen molar-refractivity contribution in [2.24, 2.45) is 0 Å². The molecule has 1 rings (SSSR count). The lowest BCUT2D eigenvalue weighted by Crippen LogP contribution is -2.39. The molecule has 3 nitrogen and oxygen atoms in total. The molecule has 1 N–H and O–H groups in total. The van der Waals surface area contributed by atoms with Gasteiger partial charge < -0.3 is 10.1 Å². The summed E-state index contributed by atoms with van der Waals surface area (Å²) in [6.07, 6.45) is 0. The summed E-state index contributed by atoms with van der Waals surface area (Å²) in [7, 11) is 1.62. The fourth-order valence-electron chi connectivity index (χ4n) is 1.16. The largest absolute Gasteiger partial charge is 0.377 e.